The molecule has 3 N–H and O–H groups in total. The lowest BCUT2D eigenvalue weighted by Crippen LogP contribution is -2.42. The van der Waals surface area contributed by atoms with Gasteiger partial charge < -0.3 is 15.7 Å². The highest BCUT2D eigenvalue weighted by atomic mass is 19.1. The minimum Gasteiger partial charge on any atom is -0.394 e. The Labute approximate surface area is 99.8 Å². The molecule has 94 valence electrons. The van der Waals surface area contributed by atoms with Gasteiger partial charge in [0.25, 0.3) is 0 Å². The number of hydrogen-bond acceptors (Lipinski definition) is 2. The van der Waals surface area contributed by atoms with Crippen LogP contribution in [0.4, 0.5) is 9.18 Å². The molecule has 1 aromatic rings. The summed E-state index contributed by atoms with van der Waals surface area (Å²) in [6, 6.07) is 5.66. The highest BCUT2D eigenvalue weighted by Crippen LogP contribution is 2.03. The van der Waals surface area contributed by atoms with Gasteiger partial charge in [-0.2, -0.15) is 0 Å². The molecule has 0 aliphatic rings. The Bertz CT molecular complexity index is 371. The van der Waals surface area contributed by atoms with Gasteiger partial charge in [-0.25, -0.2) is 9.18 Å². The molecule has 1 aromatic carbocycles. The second kappa shape index (κ2) is 6.85. The maximum absolute atomic E-state index is 12.8. The lowest BCUT2D eigenvalue weighted by atomic mass is 10.1. The number of carbonyl (C=O) groups is 1. The van der Waals surface area contributed by atoms with E-state index in [1.165, 1.54) is 12.1 Å². The summed E-state index contributed by atoms with van der Waals surface area (Å²) in [5.41, 5.74) is 0.834. The zero-order chi connectivity index (χ0) is 12.7. The molecule has 0 heterocycles. The summed E-state index contributed by atoms with van der Waals surface area (Å²) in [6.07, 6.45) is 0.568. The van der Waals surface area contributed by atoms with E-state index in [2.05, 4.69) is 10.6 Å². The lowest BCUT2D eigenvalue weighted by molar-refractivity contribution is 0.220. The van der Waals surface area contributed by atoms with E-state index in [-0.39, 0.29) is 24.5 Å². The van der Waals surface area contributed by atoms with Crippen LogP contribution in [0.3, 0.4) is 0 Å². The quantitative estimate of drug-likeness (QED) is 0.720. The summed E-state index contributed by atoms with van der Waals surface area (Å²) in [4.78, 5) is 11.3. The van der Waals surface area contributed by atoms with Crippen molar-refractivity contribution in [2.75, 3.05) is 13.2 Å². The van der Waals surface area contributed by atoms with E-state index >= 15 is 0 Å². The van der Waals surface area contributed by atoms with E-state index in [0.29, 0.717) is 13.0 Å². The normalized spacial score (nSPS) is 11.9. The number of aliphatic hydroxyl groups excluding tert-OH is 1. The van der Waals surface area contributed by atoms with Crippen LogP contribution in [0.15, 0.2) is 24.3 Å². The van der Waals surface area contributed by atoms with Crippen LogP contribution in [0, 0.1) is 5.82 Å². The molecule has 2 amide bonds. The minimum atomic E-state index is -0.331. The van der Waals surface area contributed by atoms with Gasteiger partial charge in [0.1, 0.15) is 5.82 Å². The van der Waals surface area contributed by atoms with Crippen LogP contribution in [-0.4, -0.2) is 30.3 Å². The van der Waals surface area contributed by atoms with Gasteiger partial charge in [-0.05, 0) is 31.0 Å². The molecule has 0 saturated carbocycles. The molecule has 1 rings (SSSR count). The van der Waals surface area contributed by atoms with Crippen LogP contribution in [0.25, 0.3) is 0 Å². The largest absolute Gasteiger partial charge is 0.394 e. The predicted octanol–water partition coefficient (Wildman–Crippen LogP) is 1.05. The van der Waals surface area contributed by atoms with E-state index < -0.39 is 0 Å². The summed E-state index contributed by atoms with van der Waals surface area (Å²) in [6.45, 7) is 2.02. The van der Waals surface area contributed by atoms with Crippen molar-refractivity contribution in [1.29, 1.82) is 0 Å². The number of halogens is 1. The van der Waals surface area contributed by atoms with E-state index in [1.807, 2.05) is 0 Å². The fourth-order valence-electron chi connectivity index (χ4n) is 1.33. The second-order valence-electron chi connectivity index (χ2n) is 3.86. The summed E-state index contributed by atoms with van der Waals surface area (Å²) in [7, 11) is 0. The molecule has 17 heavy (non-hydrogen) atoms. The molecular formula is C12H17FN2O2. The summed E-state index contributed by atoms with van der Waals surface area (Å²) in [5.74, 6) is -0.277. The maximum atomic E-state index is 12.8. The molecule has 5 heteroatoms. The number of urea groups is 1. The van der Waals surface area contributed by atoms with Crippen molar-refractivity contribution in [2.24, 2.45) is 0 Å². The average molecular weight is 240 g/mol. The molecule has 0 aliphatic carbocycles. The molecule has 0 fully saturated rings. The monoisotopic (exact) mass is 240 g/mol. The standard InChI is InChI=1S/C12H17FN2O2/c1-9(8-16)15-12(17)14-6-5-10-3-2-4-11(13)7-10/h2-4,7,9,16H,5-6,8H2,1H3,(H2,14,15,17). The van der Waals surface area contributed by atoms with E-state index in [0.717, 1.165) is 5.56 Å². The third-order valence-electron chi connectivity index (χ3n) is 2.24. The van der Waals surface area contributed by atoms with E-state index in [1.54, 1.807) is 19.1 Å². The van der Waals surface area contributed by atoms with Gasteiger partial charge >= 0.3 is 6.03 Å². The Morgan fingerprint density at radius 1 is 1.53 bits per heavy atom. The minimum absolute atomic E-state index is 0.0999. The molecule has 0 aromatic heterocycles. The first-order valence-electron chi connectivity index (χ1n) is 5.51. The summed E-state index contributed by atoms with van der Waals surface area (Å²) < 4.78 is 12.8. The number of amides is 2. The predicted molar refractivity (Wildman–Crippen MR) is 63.2 cm³/mol. The fourth-order valence-corrected chi connectivity index (χ4v) is 1.33. The van der Waals surface area contributed by atoms with Gasteiger partial charge in [0, 0.05) is 6.54 Å². The van der Waals surface area contributed by atoms with Gasteiger partial charge in [-0.1, -0.05) is 12.1 Å². The van der Waals surface area contributed by atoms with E-state index in [4.69, 9.17) is 5.11 Å². The zero-order valence-electron chi connectivity index (χ0n) is 9.74. The highest BCUT2D eigenvalue weighted by molar-refractivity contribution is 5.74. The van der Waals surface area contributed by atoms with Crippen LogP contribution < -0.4 is 10.6 Å². The van der Waals surface area contributed by atoms with Crippen molar-refractivity contribution >= 4 is 6.03 Å². The first kappa shape index (κ1) is 13.4. The molecule has 0 saturated heterocycles. The summed E-state index contributed by atoms with van der Waals surface area (Å²) in [5, 5.41) is 13.9. The number of aliphatic hydroxyl groups is 1. The number of hydrogen-bond donors (Lipinski definition) is 3. The van der Waals surface area contributed by atoms with Crippen molar-refractivity contribution in [1.82, 2.24) is 10.6 Å². The first-order chi connectivity index (χ1) is 8.11. The molecule has 1 unspecified atom stereocenters. The van der Waals surface area contributed by atoms with Gasteiger partial charge in [-0.15, -0.1) is 0 Å². The lowest BCUT2D eigenvalue weighted by Gasteiger charge is -2.11. The Morgan fingerprint density at radius 3 is 2.94 bits per heavy atom. The molecular weight excluding hydrogens is 223 g/mol. The smallest absolute Gasteiger partial charge is 0.315 e. The van der Waals surface area contributed by atoms with Gasteiger partial charge in [0.15, 0.2) is 0 Å². The van der Waals surface area contributed by atoms with Crippen LogP contribution in [-0.2, 0) is 6.42 Å². The zero-order valence-corrected chi connectivity index (χ0v) is 9.74. The van der Waals surface area contributed by atoms with Crippen LogP contribution in [0.1, 0.15) is 12.5 Å². The first-order valence-corrected chi connectivity index (χ1v) is 5.51. The van der Waals surface area contributed by atoms with E-state index in [9.17, 15) is 9.18 Å². The van der Waals surface area contributed by atoms with Gasteiger partial charge in [0.2, 0.25) is 0 Å². The number of carbonyl (C=O) groups excluding carboxylic acids is 1. The van der Waals surface area contributed by atoms with Crippen molar-refractivity contribution in [3.8, 4) is 0 Å². The Hall–Kier alpha value is -1.62. The fraction of sp³-hybridized carbons (Fsp3) is 0.417. The third kappa shape index (κ3) is 5.31. The molecule has 1 atom stereocenters. The SMILES string of the molecule is CC(CO)NC(=O)NCCc1cccc(F)c1. The van der Waals surface area contributed by atoms with Crippen molar-refractivity contribution < 1.29 is 14.3 Å². The highest BCUT2D eigenvalue weighted by Gasteiger charge is 2.04. The third-order valence-corrected chi connectivity index (χ3v) is 2.24. The van der Waals surface area contributed by atoms with Gasteiger partial charge in [0.05, 0.1) is 12.6 Å². The van der Waals surface area contributed by atoms with Crippen molar-refractivity contribution in [3.63, 3.8) is 0 Å². The molecule has 0 bridgehead atoms. The Balaban J connectivity index is 2.26. The molecule has 0 aliphatic heterocycles. The van der Waals surface area contributed by atoms with Crippen LogP contribution in [0.2, 0.25) is 0 Å². The van der Waals surface area contributed by atoms with Crippen LogP contribution in [0.5, 0.6) is 0 Å². The second-order valence-corrected chi connectivity index (χ2v) is 3.86. The number of nitrogens with one attached hydrogen (secondary N) is 2. The Kier molecular flexibility index (Phi) is 5.42. The molecule has 0 spiro atoms. The average Bonchev–Trinajstić information content (AvgIpc) is 2.29. The van der Waals surface area contributed by atoms with Gasteiger partial charge in [-0.3, -0.25) is 0 Å². The summed E-state index contributed by atoms with van der Waals surface area (Å²) >= 11 is 0. The molecule has 4 nitrogen and oxygen atoms in total. The van der Waals surface area contributed by atoms with Crippen molar-refractivity contribution in [2.45, 2.75) is 19.4 Å². The Morgan fingerprint density at radius 2 is 2.29 bits per heavy atom. The topological polar surface area (TPSA) is 61.4 Å². The maximum Gasteiger partial charge on any atom is 0.315 e. The number of benzene rings is 1. The van der Waals surface area contributed by atoms with Crippen LogP contribution >= 0.6 is 0 Å². The number of rotatable bonds is 5. The van der Waals surface area contributed by atoms with Crippen molar-refractivity contribution in [3.05, 3.63) is 35.6 Å². The molecule has 0 radical (unpaired) electrons.